The number of aromatic nitrogens is 4. The molecule has 0 spiro atoms. The molecule has 0 saturated heterocycles. The molecule has 0 saturated carbocycles. The SMILES string of the molecule is O=c1c2c(nc(SCC3=CCC(CO)C=C3)n1-c1ccccc1)CCN(c1nc3ccc(C(F)(F)F)cc3[nH]1)C2. The molecule has 7 nitrogen and oxygen atoms in total. The Morgan fingerprint density at radius 2 is 1.95 bits per heavy atom. The first-order valence-electron chi connectivity index (χ1n) is 12.9. The predicted molar refractivity (Wildman–Crippen MR) is 149 cm³/mol. The number of nitrogens with zero attached hydrogens (tertiary/aromatic N) is 4. The minimum absolute atomic E-state index is 0.118. The van der Waals surface area contributed by atoms with Crippen LogP contribution >= 0.6 is 11.8 Å². The van der Waals surface area contributed by atoms with Crippen LogP contribution in [0.4, 0.5) is 19.1 Å². The van der Waals surface area contributed by atoms with Gasteiger partial charge >= 0.3 is 6.18 Å². The van der Waals surface area contributed by atoms with Gasteiger partial charge in [-0.3, -0.25) is 9.36 Å². The van der Waals surface area contributed by atoms with E-state index in [0.717, 1.165) is 29.8 Å². The van der Waals surface area contributed by atoms with Crippen LogP contribution < -0.4 is 10.5 Å². The zero-order valence-corrected chi connectivity index (χ0v) is 22.2. The number of aliphatic hydroxyl groups excluding tert-OH is 1. The molecule has 1 aliphatic carbocycles. The van der Waals surface area contributed by atoms with Gasteiger partial charge in [0, 0.05) is 31.2 Å². The number of rotatable bonds is 6. The minimum Gasteiger partial charge on any atom is -0.396 e. The number of aromatic amines is 1. The topological polar surface area (TPSA) is 87.0 Å². The number of nitrogens with one attached hydrogen (secondary N) is 1. The van der Waals surface area contributed by atoms with Crippen molar-refractivity contribution in [2.75, 3.05) is 23.8 Å². The van der Waals surface area contributed by atoms with Gasteiger partial charge < -0.3 is 15.0 Å². The second-order valence-electron chi connectivity index (χ2n) is 9.86. The fraction of sp³-hybridized carbons (Fsp3) is 0.276. The van der Waals surface area contributed by atoms with E-state index in [0.29, 0.717) is 52.1 Å². The average Bonchev–Trinajstić information content (AvgIpc) is 3.40. The fourth-order valence-electron chi connectivity index (χ4n) is 4.96. The quantitative estimate of drug-likeness (QED) is 0.245. The average molecular weight is 566 g/mol. The second-order valence-corrected chi connectivity index (χ2v) is 10.8. The summed E-state index contributed by atoms with van der Waals surface area (Å²) < 4.78 is 41.2. The monoisotopic (exact) mass is 565 g/mol. The molecule has 4 aromatic rings. The van der Waals surface area contributed by atoms with Crippen LogP contribution in [0.1, 0.15) is 23.2 Å². The van der Waals surface area contributed by atoms with Crippen molar-refractivity contribution in [3.63, 3.8) is 0 Å². The Hall–Kier alpha value is -3.83. The number of fused-ring (bicyclic) bond motifs is 2. The van der Waals surface area contributed by atoms with Gasteiger partial charge in [-0.25, -0.2) is 9.97 Å². The maximum Gasteiger partial charge on any atom is 0.416 e. The van der Waals surface area contributed by atoms with Gasteiger partial charge in [0.1, 0.15) is 0 Å². The van der Waals surface area contributed by atoms with E-state index in [4.69, 9.17) is 4.98 Å². The van der Waals surface area contributed by atoms with Crippen LogP contribution in [0.5, 0.6) is 0 Å². The number of anilines is 1. The number of halogens is 3. The standard InChI is InChI=1S/C29H26F3N5O2S/c30-29(31,32)20-10-11-24-25(14-20)34-27(33-24)36-13-12-23-22(15-36)26(39)37(21-4-2-1-3-5-21)28(35-23)40-17-19-8-6-18(16-38)7-9-19/h1-6,8-11,14,18,38H,7,12-13,15-17H2,(H,33,34). The maximum absolute atomic E-state index is 13.9. The Morgan fingerprint density at radius 3 is 2.67 bits per heavy atom. The third-order valence-corrected chi connectivity index (χ3v) is 8.19. The first-order chi connectivity index (χ1) is 19.3. The lowest BCUT2D eigenvalue weighted by molar-refractivity contribution is -0.137. The van der Waals surface area contributed by atoms with Gasteiger partial charge in [-0.05, 0) is 42.3 Å². The van der Waals surface area contributed by atoms with E-state index < -0.39 is 11.7 Å². The third-order valence-electron chi connectivity index (χ3n) is 7.18. The highest BCUT2D eigenvalue weighted by Crippen LogP contribution is 2.32. The first-order valence-corrected chi connectivity index (χ1v) is 13.9. The molecule has 2 aromatic carbocycles. The van der Waals surface area contributed by atoms with Crippen LogP contribution in [0.25, 0.3) is 16.7 Å². The van der Waals surface area contributed by atoms with Crippen LogP contribution in [0, 0.1) is 5.92 Å². The van der Waals surface area contributed by atoms with Crippen LogP contribution in [-0.4, -0.2) is 43.5 Å². The van der Waals surface area contributed by atoms with Gasteiger partial charge in [0.25, 0.3) is 5.56 Å². The van der Waals surface area contributed by atoms with Gasteiger partial charge in [0.2, 0.25) is 5.95 Å². The molecular weight excluding hydrogens is 539 g/mol. The van der Waals surface area contributed by atoms with Crippen LogP contribution in [0.2, 0.25) is 0 Å². The molecule has 2 aromatic heterocycles. The van der Waals surface area contributed by atoms with E-state index in [2.05, 4.69) is 16.0 Å². The summed E-state index contributed by atoms with van der Waals surface area (Å²) in [5.74, 6) is 1.19. The summed E-state index contributed by atoms with van der Waals surface area (Å²) >= 11 is 1.49. The molecule has 6 rings (SSSR count). The number of H-pyrrole nitrogens is 1. The Morgan fingerprint density at radius 1 is 1.12 bits per heavy atom. The van der Waals surface area contributed by atoms with Gasteiger partial charge in [0.15, 0.2) is 5.16 Å². The second kappa shape index (κ2) is 10.6. The highest BCUT2D eigenvalue weighted by Gasteiger charge is 2.31. The van der Waals surface area contributed by atoms with Gasteiger partial charge in [0.05, 0.1) is 40.1 Å². The maximum atomic E-state index is 13.9. The van der Waals surface area contributed by atoms with E-state index in [1.807, 2.05) is 47.4 Å². The van der Waals surface area contributed by atoms with E-state index >= 15 is 0 Å². The first kappa shape index (κ1) is 26.4. The summed E-state index contributed by atoms with van der Waals surface area (Å²) in [6.45, 7) is 0.871. The lowest BCUT2D eigenvalue weighted by atomic mass is 9.98. The zero-order valence-electron chi connectivity index (χ0n) is 21.4. The number of imidazole rings is 1. The third kappa shape index (κ3) is 5.18. The molecule has 0 fully saturated rings. The molecule has 0 bridgehead atoms. The number of thioether (sulfide) groups is 1. The Balaban J connectivity index is 1.32. The Kier molecular flexibility index (Phi) is 7.01. The summed E-state index contributed by atoms with van der Waals surface area (Å²) in [7, 11) is 0. The molecule has 1 atom stereocenters. The molecule has 0 radical (unpaired) electrons. The van der Waals surface area contributed by atoms with Crippen molar-refractivity contribution in [2.24, 2.45) is 5.92 Å². The highest BCUT2D eigenvalue weighted by molar-refractivity contribution is 7.99. The summed E-state index contributed by atoms with van der Waals surface area (Å²) in [6.07, 6.45) is 2.97. The van der Waals surface area contributed by atoms with E-state index in [1.165, 1.54) is 17.8 Å². The number of para-hydroxylation sites is 1. The van der Waals surface area contributed by atoms with Crippen molar-refractivity contribution in [3.8, 4) is 5.69 Å². The van der Waals surface area contributed by atoms with Gasteiger partial charge in [-0.2, -0.15) is 13.2 Å². The van der Waals surface area contributed by atoms with Crippen LogP contribution in [-0.2, 0) is 19.1 Å². The lowest BCUT2D eigenvalue weighted by Crippen LogP contribution is -2.38. The number of hydrogen-bond donors (Lipinski definition) is 2. The molecule has 40 heavy (non-hydrogen) atoms. The van der Waals surface area contributed by atoms with E-state index in [-0.39, 0.29) is 24.6 Å². The van der Waals surface area contributed by atoms with Crippen molar-refractivity contribution in [3.05, 3.63) is 99.5 Å². The lowest BCUT2D eigenvalue weighted by Gasteiger charge is -2.28. The van der Waals surface area contributed by atoms with Crippen molar-refractivity contribution < 1.29 is 18.3 Å². The summed E-state index contributed by atoms with van der Waals surface area (Å²) in [5.41, 5.74) is 2.89. The molecule has 2 N–H and O–H groups in total. The largest absolute Gasteiger partial charge is 0.416 e. The molecular formula is C29H26F3N5O2S. The number of allylic oxidation sites excluding steroid dienone is 2. The van der Waals surface area contributed by atoms with E-state index in [1.54, 1.807) is 4.57 Å². The molecule has 11 heteroatoms. The fourth-order valence-corrected chi connectivity index (χ4v) is 5.96. The smallest absolute Gasteiger partial charge is 0.396 e. The van der Waals surface area contributed by atoms with E-state index in [9.17, 15) is 23.1 Å². The summed E-state index contributed by atoms with van der Waals surface area (Å²) in [6, 6.07) is 12.8. The Labute approximate surface area is 232 Å². The number of hydrogen-bond acceptors (Lipinski definition) is 6. The molecule has 206 valence electrons. The van der Waals surface area contributed by atoms with Crippen molar-refractivity contribution >= 4 is 28.7 Å². The normalized spacial score (nSPS) is 17.2. The highest BCUT2D eigenvalue weighted by atomic mass is 32.2. The predicted octanol–water partition coefficient (Wildman–Crippen LogP) is 5.28. The molecule has 1 aliphatic heterocycles. The molecule has 2 aliphatic rings. The van der Waals surface area contributed by atoms with Crippen molar-refractivity contribution in [1.29, 1.82) is 0 Å². The van der Waals surface area contributed by atoms with Gasteiger partial charge in [-0.1, -0.05) is 48.2 Å². The van der Waals surface area contributed by atoms with Crippen LogP contribution in [0.3, 0.4) is 0 Å². The zero-order chi connectivity index (χ0) is 27.9. The van der Waals surface area contributed by atoms with Gasteiger partial charge in [-0.15, -0.1) is 0 Å². The minimum atomic E-state index is -4.45. The number of alkyl halides is 3. The Bertz CT molecular complexity index is 1680. The van der Waals surface area contributed by atoms with Crippen LogP contribution in [0.15, 0.2) is 82.3 Å². The van der Waals surface area contributed by atoms with Crippen molar-refractivity contribution in [1.82, 2.24) is 19.5 Å². The number of benzene rings is 2. The summed E-state index contributed by atoms with van der Waals surface area (Å²) in [4.78, 5) is 28.2. The molecule has 3 heterocycles. The van der Waals surface area contributed by atoms with Crippen molar-refractivity contribution in [2.45, 2.75) is 30.7 Å². The summed E-state index contributed by atoms with van der Waals surface area (Å²) in [5, 5.41) is 9.98. The molecule has 1 unspecified atom stereocenters. The molecule has 0 amide bonds. The number of aliphatic hydroxyl groups is 1.